The molecule has 1 aromatic heterocycles. The second kappa shape index (κ2) is 9.02. The summed E-state index contributed by atoms with van der Waals surface area (Å²) in [5.41, 5.74) is 3.77. The Morgan fingerprint density at radius 3 is 2.35 bits per heavy atom. The van der Waals surface area contributed by atoms with Gasteiger partial charge in [-0.25, -0.2) is 4.68 Å². The van der Waals surface area contributed by atoms with Gasteiger partial charge in [-0.15, -0.1) is 0 Å². The Morgan fingerprint density at radius 2 is 1.65 bits per heavy atom. The van der Waals surface area contributed by atoms with Crippen molar-refractivity contribution in [2.24, 2.45) is 0 Å². The van der Waals surface area contributed by atoms with Gasteiger partial charge < -0.3 is 9.47 Å². The molecule has 0 saturated heterocycles. The molecule has 0 aliphatic carbocycles. The Labute approximate surface area is 198 Å². The number of rotatable bonds is 5. The van der Waals surface area contributed by atoms with Crippen molar-refractivity contribution in [3.05, 3.63) is 101 Å². The first-order valence-corrected chi connectivity index (χ1v) is 11.2. The number of hydrogen-bond donors (Lipinski definition) is 0. The lowest BCUT2D eigenvalue weighted by molar-refractivity contribution is 0.0963. The van der Waals surface area contributed by atoms with Crippen LogP contribution in [0.25, 0.3) is 0 Å². The van der Waals surface area contributed by atoms with E-state index in [0.29, 0.717) is 23.7 Å². The molecule has 3 aromatic carbocycles. The summed E-state index contributed by atoms with van der Waals surface area (Å²) in [4.78, 5) is 20.1. The zero-order valence-corrected chi connectivity index (χ0v) is 19.4. The number of aromatic nitrogens is 3. The van der Waals surface area contributed by atoms with Crippen molar-refractivity contribution in [3.8, 4) is 11.5 Å². The number of ether oxygens (including phenoxy) is 2. The fourth-order valence-electron chi connectivity index (χ4n) is 4.57. The minimum absolute atomic E-state index is 0.138. The van der Waals surface area contributed by atoms with Crippen LogP contribution in [0.4, 0.5) is 5.95 Å². The number of carbonyl (C=O) groups excluding carboxylic acids is 1. The van der Waals surface area contributed by atoms with E-state index in [0.717, 1.165) is 22.4 Å². The van der Waals surface area contributed by atoms with Crippen molar-refractivity contribution in [2.75, 3.05) is 19.1 Å². The van der Waals surface area contributed by atoms with Crippen molar-refractivity contribution in [3.63, 3.8) is 0 Å². The van der Waals surface area contributed by atoms with Gasteiger partial charge in [-0.05, 0) is 49.2 Å². The standard InChI is InChI=1S/C27H26N4O3/c1-18-8-10-19(11-9-18)23-16-24(22-6-4-5-7-25(22)34-3)31-27(28-17-29-31)30(23)26(32)20-12-14-21(33-2)15-13-20/h4-15,17,23-24H,16H2,1-3H3/t23-,24-/m0/s1. The van der Waals surface area contributed by atoms with Crippen LogP contribution in [-0.4, -0.2) is 34.9 Å². The van der Waals surface area contributed by atoms with Crippen molar-refractivity contribution in [1.29, 1.82) is 0 Å². The molecule has 0 N–H and O–H groups in total. The topological polar surface area (TPSA) is 69.5 Å². The van der Waals surface area contributed by atoms with Gasteiger partial charge in [0.25, 0.3) is 5.91 Å². The predicted octanol–water partition coefficient (Wildman–Crippen LogP) is 4.98. The molecule has 1 aliphatic heterocycles. The third-order valence-electron chi connectivity index (χ3n) is 6.34. The summed E-state index contributed by atoms with van der Waals surface area (Å²) in [6.45, 7) is 2.05. The van der Waals surface area contributed by atoms with Crippen molar-refractivity contribution < 1.29 is 14.3 Å². The molecule has 1 amide bonds. The maximum absolute atomic E-state index is 13.9. The molecular weight excluding hydrogens is 428 g/mol. The lowest BCUT2D eigenvalue weighted by atomic mass is 9.90. The van der Waals surface area contributed by atoms with Crippen LogP contribution in [0.5, 0.6) is 11.5 Å². The van der Waals surface area contributed by atoms with Crippen LogP contribution >= 0.6 is 0 Å². The molecule has 34 heavy (non-hydrogen) atoms. The largest absolute Gasteiger partial charge is 0.497 e. The van der Waals surface area contributed by atoms with Gasteiger partial charge in [-0.3, -0.25) is 9.69 Å². The van der Waals surface area contributed by atoms with E-state index in [1.165, 1.54) is 6.33 Å². The van der Waals surface area contributed by atoms with Crippen LogP contribution in [-0.2, 0) is 0 Å². The predicted molar refractivity (Wildman–Crippen MR) is 129 cm³/mol. The molecule has 172 valence electrons. The molecule has 0 radical (unpaired) electrons. The lowest BCUT2D eigenvalue weighted by Gasteiger charge is -2.39. The van der Waals surface area contributed by atoms with E-state index in [1.54, 1.807) is 43.4 Å². The van der Waals surface area contributed by atoms with Gasteiger partial charge in [0.2, 0.25) is 5.95 Å². The lowest BCUT2D eigenvalue weighted by Crippen LogP contribution is -2.42. The quantitative estimate of drug-likeness (QED) is 0.425. The number of fused-ring (bicyclic) bond motifs is 1. The van der Waals surface area contributed by atoms with E-state index in [9.17, 15) is 4.79 Å². The van der Waals surface area contributed by atoms with Crippen LogP contribution < -0.4 is 14.4 Å². The second-order valence-electron chi connectivity index (χ2n) is 8.33. The third-order valence-corrected chi connectivity index (χ3v) is 6.34. The van der Waals surface area contributed by atoms with Gasteiger partial charge in [0.05, 0.1) is 26.3 Å². The Hall–Kier alpha value is -4.13. The second-order valence-corrected chi connectivity index (χ2v) is 8.33. The van der Waals surface area contributed by atoms with Gasteiger partial charge in [-0.2, -0.15) is 10.1 Å². The van der Waals surface area contributed by atoms with Gasteiger partial charge in [0.1, 0.15) is 17.8 Å². The highest BCUT2D eigenvalue weighted by Crippen LogP contribution is 2.44. The number of anilines is 1. The van der Waals surface area contributed by atoms with Crippen LogP contribution in [0.1, 0.15) is 45.6 Å². The van der Waals surface area contributed by atoms with Crippen LogP contribution in [0.3, 0.4) is 0 Å². The molecule has 4 aromatic rings. The maximum atomic E-state index is 13.9. The van der Waals surface area contributed by atoms with Crippen molar-refractivity contribution in [1.82, 2.24) is 14.8 Å². The Kier molecular flexibility index (Phi) is 5.76. The average Bonchev–Trinajstić information content (AvgIpc) is 3.38. The Balaban J connectivity index is 1.64. The van der Waals surface area contributed by atoms with Crippen molar-refractivity contribution >= 4 is 11.9 Å². The number of para-hydroxylation sites is 1. The van der Waals surface area contributed by atoms with Gasteiger partial charge in [-0.1, -0.05) is 48.0 Å². The molecule has 0 unspecified atom stereocenters. The van der Waals surface area contributed by atoms with Gasteiger partial charge in [0.15, 0.2) is 0 Å². The van der Waals surface area contributed by atoms with Crippen LogP contribution in [0.15, 0.2) is 79.1 Å². The van der Waals surface area contributed by atoms with E-state index in [2.05, 4.69) is 41.3 Å². The maximum Gasteiger partial charge on any atom is 0.261 e. The Morgan fingerprint density at radius 1 is 0.912 bits per heavy atom. The molecule has 7 heteroatoms. The molecule has 7 nitrogen and oxygen atoms in total. The highest BCUT2D eigenvalue weighted by molar-refractivity contribution is 6.06. The van der Waals surface area contributed by atoms with Crippen LogP contribution in [0, 0.1) is 6.92 Å². The van der Waals surface area contributed by atoms with E-state index in [-0.39, 0.29) is 18.0 Å². The summed E-state index contributed by atoms with van der Waals surface area (Å²) in [5, 5.41) is 4.52. The first kappa shape index (κ1) is 21.7. The molecule has 1 aliphatic rings. The number of benzene rings is 3. The Bertz CT molecular complexity index is 1300. The number of hydrogen-bond acceptors (Lipinski definition) is 5. The normalized spacial score (nSPS) is 17.2. The number of carbonyl (C=O) groups is 1. The fourth-order valence-corrected chi connectivity index (χ4v) is 4.57. The first-order chi connectivity index (χ1) is 16.6. The van der Waals surface area contributed by atoms with E-state index in [4.69, 9.17) is 9.47 Å². The van der Waals surface area contributed by atoms with Crippen molar-refractivity contribution in [2.45, 2.75) is 25.4 Å². The zero-order valence-electron chi connectivity index (χ0n) is 19.4. The molecule has 0 fully saturated rings. The monoisotopic (exact) mass is 454 g/mol. The average molecular weight is 455 g/mol. The molecule has 0 spiro atoms. The van der Waals surface area contributed by atoms with Gasteiger partial charge in [0, 0.05) is 11.1 Å². The van der Waals surface area contributed by atoms with E-state index >= 15 is 0 Å². The zero-order chi connectivity index (χ0) is 23.7. The molecule has 0 bridgehead atoms. The molecule has 5 rings (SSSR count). The SMILES string of the molecule is COc1ccc(C(=O)N2c3ncnn3[C@H](c3ccccc3OC)C[C@H]2c2ccc(C)cc2)cc1. The van der Waals surface area contributed by atoms with Crippen LogP contribution in [0.2, 0.25) is 0 Å². The number of aryl methyl sites for hydroxylation is 1. The summed E-state index contributed by atoms with van der Waals surface area (Å²) < 4.78 is 12.7. The smallest absolute Gasteiger partial charge is 0.261 e. The fraction of sp³-hybridized carbons (Fsp3) is 0.222. The van der Waals surface area contributed by atoms with E-state index in [1.807, 2.05) is 28.9 Å². The first-order valence-electron chi connectivity index (χ1n) is 11.2. The van der Waals surface area contributed by atoms with Gasteiger partial charge >= 0.3 is 0 Å². The number of nitrogens with zero attached hydrogens (tertiary/aromatic N) is 4. The minimum Gasteiger partial charge on any atom is -0.497 e. The summed E-state index contributed by atoms with van der Waals surface area (Å²) >= 11 is 0. The third kappa shape index (κ3) is 3.79. The highest BCUT2D eigenvalue weighted by Gasteiger charge is 2.40. The number of amides is 1. The molecular formula is C27H26N4O3. The summed E-state index contributed by atoms with van der Waals surface area (Å²) in [6, 6.07) is 23.0. The van der Waals surface area contributed by atoms with E-state index < -0.39 is 0 Å². The number of methoxy groups -OCH3 is 2. The highest BCUT2D eigenvalue weighted by atomic mass is 16.5. The molecule has 0 saturated carbocycles. The summed E-state index contributed by atoms with van der Waals surface area (Å²) in [5.74, 6) is 1.85. The summed E-state index contributed by atoms with van der Waals surface area (Å²) in [7, 11) is 3.27. The minimum atomic E-state index is -0.234. The summed E-state index contributed by atoms with van der Waals surface area (Å²) in [6.07, 6.45) is 2.13. The molecule has 2 atom stereocenters. The molecule has 2 heterocycles.